The number of rotatable bonds is 5. The minimum Gasteiger partial charge on any atom is -0.393 e. The minimum absolute atomic E-state index is 0.370. The van der Waals surface area contributed by atoms with Crippen LogP contribution < -0.4 is 0 Å². The first-order valence-corrected chi connectivity index (χ1v) is 9.81. The van der Waals surface area contributed by atoms with Gasteiger partial charge in [0, 0.05) is 38.4 Å². The summed E-state index contributed by atoms with van der Waals surface area (Å²) in [5, 5.41) is 18.7. The fourth-order valence-electron chi connectivity index (χ4n) is 3.82. The zero-order valence-electron chi connectivity index (χ0n) is 15.7. The lowest BCUT2D eigenvalue weighted by molar-refractivity contribution is 0.170. The fraction of sp³-hybridized carbons (Fsp3) is 0.526. The van der Waals surface area contributed by atoms with Crippen LogP contribution >= 0.6 is 11.6 Å². The molecule has 3 aromatic heterocycles. The second kappa shape index (κ2) is 7.58. The Labute approximate surface area is 163 Å². The van der Waals surface area contributed by atoms with Crippen LogP contribution in [-0.2, 0) is 13.0 Å². The number of aliphatic hydroxyl groups excluding tert-OH is 1. The van der Waals surface area contributed by atoms with Gasteiger partial charge in [0.25, 0.3) is 0 Å². The van der Waals surface area contributed by atoms with Gasteiger partial charge in [-0.25, -0.2) is 9.67 Å². The summed E-state index contributed by atoms with van der Waals surface area (Å²) < 4.78 is 4.07. The topological polar surface area (TPSA) is 71.5 Å². The van der Waals surface area contributed by atoms with Crippen molar-refractivity contribution < 1.29 is 5.11 Å². The average Bonchev–Trinajstić information content (AvgIpc) is 3.20. The number of hydrogen-bond donors (Lipinski definition) is 1. The van der Waals surface area contributed by atoms with Gasteiger partial charge in [0.1, 0.15) is 5.65 Å². The highest BCUT2D eigenvalue weighted by atomic mass is 35.5. The molecule has 7 nitrogen and oxygen atoms in total. The smallest absolute Gasteiger partial charge is 0.137 e. The average molecular weight is 389 g/mol. The quantitative estimate of drug-likeness (QED) is 0.727. The molecular formula is C19H25ClN6O. The standard InChI is InChI=1S/C19H25ClN6O/c1-13(27)9-16-11-26(23-22-16)17-5-7-24(8-6-17)12-18-14(2)21-19-4-3-15(20)10-25(18)19/h3-4,10-11,13,17,27H,5-9,12H2,1-2H3. The second-order valence-electron chi connectivity index (χ2n) is 7.47. The zero-order chi connectivity index (χ0) is 19.0. The third-order valence-corrected chi connectivity index (χ3v) is 5.47. The molecule has 1 N–H and O–H groups in total. The number of fused-ring (bicyclic) bond motifs is 1. The third kappa shape index (κ3) is 4.00. The molecule has 4 heterocycles. The first-order valence-electron chi connectivity index (χ1n) is 9.44. The van der Waals surface area contributed by atoms with Crippen LogP contribution in [0.1, 0.15) is 42.9 Å². The van der Waals surface area contributed by atoms with Gasteiger partial charge in [-0.3, -0.25) is 4.90 Å². The molecule has 1 saturated heterocycles. The summed E-state index contributed by atoms with van der Waals surface area (Å²) in [6.07, 6.45) is 6.15. The molecule has 1 aliphatic rings. The number of nitrogens with zero attached hydrogens (tertiary/aromatic N) is 6. The number of hydrogen-bond acceptors (Lipinski definition) is 5. The molecule has 144 valence electrons. The van der Waals surface area contributed by atoms with Crippen molar-refractivity contribution in [2.75, 3.05) is 13.1 Å². The van der Waals surface area contributed by atoms with Gasteiger partial charge in [-0.05, 0) is 38.8 Å². The fourth-order valence-corrected chi connectivity index (χ4v) is 3.98. The van der Waals surface area contributed by atoms with Gasteiger partial charge in [-0.15, -0.1) is 5.10 Å². The summed E-state index contributed by atoms with van der Waals surface area (Å²) in [7, 11) is 0. The highest BCUT2D eigenvalue weighted by Gasteiger charge is 2.23. The SMILES string of the molecule is Cc1nc2ccc(Cl)cn2c1CN1CCC(n2cc(CC(C)O)nn2)CC1. The van der Waals surface area contributed by atoms with Crippen LogP contribution in [0.2, 0.25) is 5.02 Å². The van der Waals surface area contributed by atoms with Crippen molar-refractivity contribution in [1.29, 1.82) is 0 Å². The Balaban J connectivity index is 1.41. The van der Waals surface area contributed by atoms with Crippen LogP contribution in [0.25, 0.3) is 5.65 Å². The molecule has 0 spiro atoms. The molecule has 0 bridgehead atoms. The lowest BCUT2D eigenvalue weighted by Gasteiger charge is -2.31. The lowest BCUT2D eigenvalue weighted by Crippen LogP contribution is -2.34. The number of piperidine rings is 1. The van der Waals surface area contributed by atoms with Gasteiger partial charge in [-0.1, -0.05) is 16.8 Å². The van der Waals surface area contributed by atoms with Crippen molar-refractivity contribution in [3.63, 3.8) is 0 Å². The molecule has 0 aromatic carbocycles. The largest absolute Gasteiger partial charge is 0.393 e. The maximum Gasteiger partial charge on any atom is 0.137 e. The minimum atomic E-state index is -0.390. The first-order chi connectivity index (χ1) is 13.0. The van der Waals surface area contributed by atoms with Gasteiger partial charge in [-0.2, -0.15) is 0 Å². The van der Waals surface area contributed by atoms with Crippen LogP contribution in [-0.4, -0.2) is 53.6 Å². The number of likely N-dealkylation sites (tertiary alicyclic amines) is 1. The van der Waals surface area contributed by atoms with E-state index in [1.165, 1.54) is 5.69 Å². The van der Waals surface area contributed by atoms with Gasteiger partial charge < -0.3 is 9.51 Å². The number of aryl methyl sites for hydroxylation is 1. The van der Waals surface area contributed by atoms with E-state index >= 15 is 0 Å². The van der Waals surface area contributed by atoms with Gasteiger partial charge >= 0.3 is 0 Å². The summed E-state index contributed by atoms with van der Waals surface area (Å²) in [6.45, 7) is 6.70. The predicted molar refractivity (Wildman–Crippen MR) is 104 cm³/mol. The molecule has 0 aliphatic carbocycles. The molecule has 8 heteroatoms. The maximum atomic E-state index is 9.50. The van der Waals surface area contributed by atoms with Gasteiger partial charge in [0.05, 0.1) is 34.3 Å². The normalized spacial score (nSPS) is 17.6. The summed E-state index contributed by atoms with van der Waals surface area (Å²) in [6, 6.07) is 4.21. The number of halogens is 1. The molecule has 1 aliphatic heterocycles. The molecule has 27 heavy (non-hydrogen) atoms. The second-order valence-corrected chi connectivity index (χ2v) is 7.91. The van der Waals surface area contributed by atoms with E-state index in [0.29, 0.717) is 12.5 Å². The van der Waals surface area contributed by atoms with E-state index in [2.05, 4.69) is 31.5 Å². The molecule has 0 radical (unpaired) electrons. The maximum absolute atomic E-state index is 9.50. The number of aromatic nitrogens is 5. The van der Waals surface area contributed by atoms with E-state index in [4.69, 9.17) is 11.6 Å². The Morgan fingerprint density at radius 1 is 1.26 bits per heavy atom. The van der Waals surface area contributed by atoms with Gasteiger partial charge in [0.2, 0.25) is 0 Å². The highest BCUT2D eigenvalue weighted by Crippen LogP contribution is 2.24. The third-order valence-electron chi connectivity index (χ3n) is 5.25. The zero-order valence-corrected chi connectivity index (χ0v) is 16.5. The number of imidazole rings is 1. The monoisotopic (exact) mass is 388 g/mol. The molecule has 1 atom stereocenters. The van der Waals surface area contributed by atoms with Crippen molar-refractivity contribution >= 4 is 17.2 Å². The summed E-state index contributed by atoms with van der Waals surface area (Å²) in [5.41, 5.74) is 4.05. The Hall–Kier alpha value is -1.96. The molecule has 1 fully saturated rings. The summed E-state index contributed by atoms with van der Waals surface area (Å²) >= 11 is 6.17. The van der Waals surface area contributed by atoms with Crippen molar-refractivity contribution in [2.24, 2.45) is 0 Å². The number of aliphatic hydroxyl groups is 1. The Morgan fingerprint density at radius 2 is 2.04 bits per heavy atom. The van der Waals surface area contributed by atoms with E-state index < -0.39 is 0 Å². The van der Waals surface area contributed by atoms with Crippen molar-refractivity contribution in [1.82, 2.24) is 29.3 Å². The first kappa shape index (κ1) is 18.4. The van der Waals surface area contributed by atoms with Crippen molar-refractivity contribution in [3.05, 3.63) is 46.6 Å². The van der Waals surface area contributed by atoms with Crippen LogP contribution in [0.4, 0.5) is 0 Å². The summed E-state index contributed by atoms with van der Waals surface area (Å²) in [4.78, 5) is 7.10. The Kier molecular flexibility index (Phi) is 5.16. The Bertz CT molecular complexity index is 926. The van der Waals surface area contributed by atoms with E-state index in [1.54, 1.807) is 6.92 Å². The van der Waals surface area contributed by atoms with Crippen molar-refractivity contribution in [3.8, 4) is 0 Å². The van der Waals surface area contributed by atoms with Crippen molar-refractivity contribution in [2.45, 2.75) is 51.8 Å². The van der Waals surface area contributed by atoms with Crippen LogP contribution in [0.5, 0.6) is 0 Å². The van der Waals surface area contributed by atoms with E-state index in [0.717, 1.165) is 54.5 Å². The van der Waals surface area contributed by atoms with Gasteiger partial charge in [0.15, 0.2) is 0 Å². The molecule has 0 amide bonds. The molecule has 4 rings (SSSR count). The lowest BCUT2D eigenvalue weighted by atomic mass is 10.0. The summed E-state index contributed by atoms with van der Waals surface area (Å²) in [5.74, 6) is 0. The van der Waals surface area contributed by atoms with Crippen LogP contribution in [0.15, 0.2) is 24.5 Å². The Morgan fingerprint density at radius 3 is 2.78 bits per heavy atom. The highest BCUT2D eigenvalue weighted by molar-refractivity contribution is 6.30. The molecule has 0 saturated carbocycles. The van der Waals surface area contributed by atoms with Crippen LogP contribution in [0.3, 0.4) is 0 Å². The van der Waals surface area contributed by atoms with E-state index in [1.807, 2.05) is 29.2 Å². The van der Waals surface area contributed by atoms with Crippen LogP contribution in [0, 0.1) is 6.92 Å². The molecular weight excluding hydrogens is 364 g/mol. The molecule has 1 unspecified atom stereocenters. The van der Waals surface area contributed by atoms with E-state index in [9.17, 15) is 5.11 Å². The number of pyridine rings is 1. The van der Waals surface area contributed by atoms with E-state index in [-0.39, 0.29) is 6.10 Å². The molecule has 3 aromatic rings. The predicted octanol–water partition coefficient (Wildman–Crippen LogP) is 2.65.